The first-order valence-electron chi connectivity index (χ1n) is 6.46. The van der Waals surface area contributed by atoms with E-state index in [-0.39, 0.29) is 0 Å². The van der Waals surface area contributed by atoms with Crippen molar-refractivity contribution in [1.29, 1.82) is 0 Å². The number of alkyl halides is 3. The van der Waals surface area contributed by atoms with Crippen molar-refractivity contribution in [2.24, 2.45) is 0 Å². The zero-order valence-electron chi connectivity index (χ0n) is 10.7. The van der Waals surface area contributed by atoms with Crippen LogP contribution in [0.1, 0.15) is 11.4 Å². The lowest BCUT2D eigenvalue weighted by atomic mass is 10.2. The maximum atomic E-state index is 12.8. The van der Waals surface area contributed by atoms with Crippen molar-refractivity contribution >= 4 is 0 Å². The summed E-state index contributed by atoms with van der Waals surface area (Å²) in [5.74, 6) is 0.400. The van der Waals surface area contributed by atoms with Gasteiger partial charge in [-0.3, -0.25) is 0 Å². The van der Waals surface area contributed by atoms with Crippen LogP contribution in [0, 0.1) is 0 Å². The predicted octanol–water partition coefficient (Wildman–Crippen LogP) is 2.76. The van der Waals surface area contributed by atoms with Crippen LogP contribution in [0.25, 0.3) is 11.4 Å². The van der Waals surface area contributed by atoms with E-state index in [9.17, 15) is 13.2 Å². The van der Waals surface area contributed by atoms with E-state index in [2.05, 4.69) is 10.3 Å². The summed E-state index contributed by atoms with van der Waals surface area (Å²) in [4.78, 5) is 4.41. The number of hydrogen-bond donors (Lipinski definition) is 1. The number of imidazole rings is 1. The Labute approximate surface area is 114 Å². The Kier molecular flexibility index (Phi) is 3.25. The highest BCUT2D eigenvalue weighted by atomic mass is 19.4. The van der Waals surface area contributed by atoms with Crippen LogP contribution in [0.2, 0.25) is 0 Å². The van der Waals surface area contributed by atoms with E-state index in [1.807, 2.05) is 6.07 Å². The molecule has 0 radical (unpaired) electrons. The van der Waals surface area contributed by atoms with Crippen molar-refractivity contribution in [1.82, 2.24) is 14.9 Å². The first-order chi connectivity index (χ1) is 9.54. The molecular weight excluding hydrogens is 267 g/mol. The molecule has 3 nitrogen and oxygen atoms in total. The highest BCUT2D eigenvalue weighted by Gasteiger charge is 2.32. The van der Waals surface area contributed by atoms with Gasteiger partial charge in [-0.05, 0) is 0 Å². The van der Waals surface area contributed by atoms with E-state index < -0.39 is 12.7 Å². The topological polar surface area (TPSA) is 29.9 Å². The number of fused-ring (bicyclic) bond motifs is 1. The fraction of sp³-hybridized carbons (Fsp3) is 0.357. The minimum absolute atomic E-state index is 0.400. The third-order valence-corrected chi connectivity index (χ3v) is 3.36. The summed E-state index contributed by atoms with van der Waals surface area (Å²) < 4.78 is 39.8. The van der Waals surface area contributed by atoms with Gasteiger partial charge in [0.15, 0.2) is 0 Å². The molecule has 1 N–H and O–H groups in total. The summed E-state index contributed by atoms with van der Waals surface area (Å²) >= 11 is 0. The minimum atomic E-state index is -4.25. The normalized spacial score (nSPS) is 15.2. The molecule has 1 aliphatic heterocycles. The molecule has 2 heterocycles. The Balaban J connectivity index is 2.11. The molecule has 106 valence electrons. The molecule has 0 saturated carbocycles. The highest BCUT2D eigenvalue weighted by molar-refractivity contribution is 5.57. The fourth-order valence-electron chi connectivity index (χ4n) is 2.53. The second kappa shape index (κ2) is 4.94. The van der Waals surface area contributed by atoms with E-state index in [1.54, 1.807) is 24.3 Å². The van der Waals surface area contributed by atoms with Crippen molar-refractivity contribution in [3.63, 3.8) is 0 Å². The molecule has 0 saturated heterocycles. The average Bonchev–Trinajstić information content (AvgIpc) is 2.77. The first kappa shape index (κ1) is 13.2. The maximum Gasteiger partial charge on any atom is 0.406 e. The van der Waals surface area contributed by atoms with Gasteiger partial charge in [0.2, 0.25) is 0 Å². The van der Waals surface area contributed by atoms with Crippen LogP contribution >= 0.6 is 0 Å². The third-order valence-electron chi connectivity index (χ3n) is 3.36. The van der Waals surface area contributed by atoms with Crippen LogP contribution in [0.15, 0.2) is 30.3 Å². The molecule has 3 rings (SSSR count). The molecule has 1 aromatic carbocycles. The zero-order chi connectivity index (χ0) is 14.2. The average molecular weight is 281 g/mol. The summed E-state index contributed by atoms with van der Waals surface area (Å²) in [6.45, 7) is 0.227. The van der Waals surface area contributed by atoms with Gasteiger partial charge in [-0.2, -0.15) is 13.2 Å². The van der Waals surface area contributed by atoms with Gasteiger partial charge in [0, 0.05) is 30.8 Å². The molecule has 0 atom stereocenters. The molecule has 20 heavy (non-hydrogen) atoms. The first-order valence-corrected chi connectivity index (χ1v) is 6.46. The molecule has 0 aliphatic carbocycles. The molecule has 6 heteroatoms. The molecule has 1 aromatic heterocycles. The number of rotatable bonds is 2. The second-order valence-electron chi connectivity index (χ2n) is 4.82. The van der Waals surface area contributed by atoms with Gasteiger partial charge >= 0.3 is 6.18 Å². The van der Waals surface area contributed by atoms with Crippen molar-refractivity contribution in [2.75, 3.05) is 6.54 Å². The van der Waals surface area contributed by atoms with Crippen LogP contribution < -0.4 is 5.32 Å². The lowest BCUT2D eigenvalue weighted by Gasteiger charge is -2.17. The second-order valence-corrected chi connectivity index (χ2v) is 4.82. The molecule has 0 bridgehead atoms. The van der Waals surface area contributed by atoms with E-state index in [1.165, 1.54) is 4.57 Å². The lowest BCUT2D eigenvalue weighted by Crippen LogP contribution is -2.27. The summed E-state index contributed by atoms with van der Waals surface area (Å²) in [6, 6.07) is 9.02. The Hall–Kier alpha value is -1.82. The lowest BCUT2D eigenvalue weighted by molar-refractivity contribution is -0.140. The number of aromatic nitrogens is 2. The van der Waals surface area contributed by atoms with Gasteiger partial charge in [0.1, 0.15) is 12.4 Å². The molecule has 0 unspecified atom stereocenters. The number of halogens is 3. The molecule has 0 fully saturated rings. The maximum absolute atomic E-state index is 12.8. The number of nitrogens with one attached hydrogen (secondary N) is 1. The Morgan fingerprint density at radius 2 is 1.95 bits per heavy atom. The number of hydrogen-bond acceptors (Lipinski definition) is 2. The van der Waals surface area contributed by atoms with Crippen LogP contribution in [0.3, 0.4) is 0 Å². The quantitative estimate of drug-likeness (QED) is 0.917. The molecule has 1 aliphatic rings. The van der Waals surface area contributed by atoms with Gasteiger partial charge in [-0.1, -0.05) is 30.3 Å². The molecule has 2 aromatic rings. The largest absolute Gasteiger partial charge is 0.406 e. The summed E-state index contributed by atoms with van der Waals surface area (Å²) in [5.41, 5.74) is 2.13. The highest BCUT2D eigenvalue weighted by Crippen LogP contribution is 2.28. The molecule has 0 amide bonds. The number of benzene rings is 1. The van der Waals surface area contributed by atoms with E-state index in [0.717, 1.165) is 5.69 Å². The monoisotopic (exact) mass is 281 g/mol. The summed E-state index contributed by atoms with van der Waals surface area (Å²) in [5, 5.41) is 3.14. The third kappa shape index (κ3) is 2.56. The van der Waals surface area contributed by atoms with E-state index in [4.69, 9.17) is 0 Å². The summed E-state index contributed by atoms with van der Waals surface area (Å²) in [7, 11) is 0. The van der Waals surface area contributed by atoms with Gasteiger partial charge < -0.3 is 9.88 Å². The van der Waals surface area contributed by atoms with Gasteiger partial charge in [0.25, 0.3) is 0 Å². The zero-order valence-corrected chi connectivity index (χ0v) is 10.7. The summed E-state index contributed by atoms with van der Waals surface area (Å²) in [6.07, 6.45) is -3.67. The van der Waals surface area contributed by atoms with Crippen molar-refractivity contribution < 1.29 is 13.2 Å². The smallest absolute Gasteiger partial charge is 0.319 e. The van der Waals surface area contributed by atoms with Gasteiger partial charge in [-0.15, -0.1) is 0 Å². The minimum Gasteiger partial charge on any atom is -0.319 e. The van der Waals surface area contributed by atoms with Crippen molar-refractivity contribution in [2.45, 2.75) is 25.7 Å². The van der Waals surface area contributed by atoms with Gasteiger partial charge in [-0.25, -0.2) is 4.98 Å². The number of nitrogens with zero attached hydrogens (tertiary/aromatic N) is 2. The Morgan fingerprint density at radius 3 is 2.65 bits per heavy atom. The van der Waals surface area contributed by atoms with Crippen molar-refractivity contribution in [3.05, 3.63) is 41.7 Å². The van der Waals surface area contributed by atoms with Crippen LogP contribution in [-0.4, -0.2) is 22.3 Å². The van der Waals surface area contributed by atoms with Crippen LogP contribution in [0.4, 0.5) is 13.2 Å². The van der Waals surface area contributed by atoms with E-state index in [0.29, 0.717) is 36.6 Å². The van der Waals surface area contributed by atoms with Crippen LogP contribution in [-0.2, 0) is 19.5 Å². The predicted molar refractivity (Wildman–Crippen MR) is 69.1 cm³/mol. The molecular formula is C14H14F3N3. The Morgan fingerprint density at radius 1 is 1.20 bits per heavy atom. The fourth-order valence-corrected chi connectivity index (χ4v) is 2.53. The standard InChI is InChI=1S/C14H14F3N3/c15-14(16,17)9-20-12-6-7-18-8-11(12)19-13(20)10-4-2-1-3-5-10/h1-5,18H,6-9H2. The van der Waals surface area contributed by atoms with Crippen molar-refractivity contribution in [3.8, 4) is 11.4 Å². The Bertz CT molecular complexity index is 602. The van der Waals surface area contributed by atoms with E-state index >= 15 is 0 Å². The molecule has 0 spiro atoms. The van der Waals surface area contributed by atoms with Gasteiger partial charge in [0.05, 0.1) is 5.69 Å². The van der Waals surface area contributed by atoms with Crippen LogP contribution in [0.5, 0.6) is 0 Å². The SMILES string of the molecule is FC(F)(F)Cn1c(-c2ccccc2)nc2c1CCNC2.